The van der Waals surface area contributed by atoms with E-state index in [-0.39, 0.29) is 30.8 Å². The number of fused-ring (bicyclic) bond motifs is 1. The van der Waals surface area contributed by atoms with E-state index >= 15 is 0 Å². The van der Waals surface area contributed by atoms with Crippen molar-refractivity contribution in [2.45, 2.75) is 32.1 Å². The molecule has 0 bridgehead atoms. The summed E-state index contributed by atoms with van der Waals surface area (Å²) in [6.07, 6.45) is 4.62. The van der Waals surface area contributed by atoms with Crippen LogP contribution in [-0.4, -0.2) is 68.4 Å². The van der Waals surface area contributed by atoms with Gasteiger partial charge in [0.1, 0.15) is 11.5 Å². The Labute approximate surface area is 206 Å². The van der Waals surface area contributed by atoms with Crippen LogP contribution in [-0.2, 0) is 9.59 Å². The minimum absolute atomic E-state index is 0.00932. The van der Waals surface area contributed by atoms with Crippen LogP contribution < -0.4 is 19.7 Å². The molecule has 0 aromatic heterocycles. The Morgan fingerprint density at radius 2 is 1.80 bits per heavy atom. The molecule has 0 spiro atoms. The highest BCUT2D eigenvalue weighted by atomic mass is 16.5. The average Bonchev–Trinajstić information content (AvgIpc) is 2.89. The first-order chi connectivity index (χ1) is 17.1. The number of anilines is 1. The lowest BCUT2D eigenvalue weighted by atomic mass is 10.1. The van der Waals surface area contributed by atoms with Crippen molar-refractivity contribution in [3.8, 4) is 11.5 Å². The third-order valence-corrected chi connectivity index (χ3v) is 6.32. The highest BCUT2D eigenvalue weighted by Crippen LogP contribution is 2.33. The molecule has 0 saturated carbocycles. The highest BCUT2D eigenvalue weighted by molar-refractivity contribution is 6.02. The molecule has 0 radical (unpaired) electrons. The maximum absolute atomic E-state index is 12.7. The van der Waals surface area contributed by atoms with Gasteiger partial charge in [0.05, 0.1) is 5.69 Å². The third kappa shape index (κ3) is 7.05. The molecule has 0 unspecified atom stereocenters. The van der Waals surface area contributed by atoms with Crippen LogP contribution in [0.2, 0.25) is 0 Å². The molecule has 1 fully saturated rings. The summed E-state index contributed by atoms with van der Waals surface area (Å²) < 4.78 is 11.1. The lowest BCUT2D eigenvalue weighted by molar-refractivity contribution is -0.122. The Balaban J connectivity index is 1.28. The molecule has 2 aromatic carbocycles. The van der Waals surface area contributed by atoms with Gasteiger partial charge >= 0.3 is 0 Å². The SMILES string of the molecule is O=C(CCCN1C(=O)COc2ccc(C(=O)COc3ccccc3)cc21)NCCN1CCCCC1. The quantitative estimate of drug-likeness (QED) is 0.499. The molecule has 4 rings (SSSR count). The zero-order valence-corrected chi connectivity index (χ0v) is 20.0. The van der Waals surface area contributed by atoms with Crippen LogP contribution in [0.4, 0.5) is 5.69 Å². The number of carbonyl (C=O) groups is 3. The fourth-order valence-electron chi connectivity index (χ4n) is 4.39. The molecule has 35 heavy (non-hydrogen) atoms. The molecular formula is C27H33N3O5. The largest absolute Gasteiger partial charge is 0.485 e. The number of ketones is 1. The van der Waals surface area contributed by atoms with Crippen molar-refractivity contribution < 1.29 is 23.9 Å². The minimum Gasteiger partial charge on any atom is -0.485 e. The van der Waals surface area contributed by atoms with Gasteiger partial charge in [-0.3, -0.25) is 14.4 Å². The molecule has 0 aliphatic carbocycles. The molecule has 0 atom stereocenters. The molecule has 2 amide bonds. The molecule has 1 saturated heterocycles. The van der Waals surface area contributed by atoms with Gasteiger partial charge in [0.25, 0.3) is 5.91 Å². The second-order valence-corrected chi connectivity index (χ2v) is 8.90. The van der Waals surface area contributed by atoms with E-state index in [9.17, 15) is 14.4 Å². The van der Waals surface area contributed by atoms with Crippen LogP contribution in [0.15, 0.2) is 48.5 Å². The van der Waals surface area contributed by atoms with Crippen LogP contribution in [0, 0.1) is 0 Å². The number of para-hydroxylation sites is 1. The molecule has 2 aliphatic heterocycles. The summed E-state index contributed by atoms with van der Waals surface area (Å²) in [5.74, 6) is 0.782. The first-order valence-electron chi connectivity index (χ1n) is 12.4. The highest BCUT2D eigenvalue weighted by Gasteiger charge is 2.26. The number of carbonyl (C=O) groups excluding carboxylic acids is 3. The standard InChI is InChI=1S/C27H33N3O5/c31-24(19-34-22-8-3-1-4-9-22)21-11-12-25-23(18-21)30(27(33)20-35-25)16-7-10-26(32)28-13-17-29-14-5-2-6-15-29/h1,3-4,8-9,11-12,18H,2,5-7,10,13-17,19-20H2,(H,28,32). The number of likely N-dealkylation sites (tertiary alicyclic amines) is 1. The van der Waals surface area contributed by atoms with Gasteiger partial charge in [0.2, 0.25) is 5.91 Å². The van der Waals surface area contributed by atoms with Gasteiger partial charge in [-0.2, -0.15) is 0 Å². The van der Waals surface area contributed by atoms with Gasteiger partial charge < -0.3 is 24.6 Å². The number of hydrogen-bond acceptors (Lipinski definition) is 6. The summed E-state index contributed by atoms with van der Waals surface area (Å²) in [5.41, 5.74) is 0.996. The number of ether oxygens (including phenoxy) is 2. The fourth-order valence-corrected chi connectivity index (χ4v) is 4.39. The monoisotopic (exact) mass is 479 g/mol. The van der Waals surface area contributed by atoms with Gasteiger partial charge in [0.15, 0.2) is 19.0 Å². The Kier molecular flexibility index (Phi) is 8.73. The topological polar surface area (TPSA) is 88.2 Å². The van der Waals surface area contributed by atoms with Gasteiger partial charge in [-0.25, -0.2) is 0 Å². The molecule has 8 heteroatoms. The van der Waals surface area contributed by atoms with Crippen molar-refractivity contribution in [3.63, 3.8) is 0 Å². The van der Waals surface area contributed by atoms with E-state index < -0.39 is 0 Å². The molecule has 2 aromatic rings. The number of amides is 2. The van der Waals surface area contributed by atoms with Crippen molar-refractivity contribution in [1.82, 2.24) is 10.2 Å². The second kappa shape index (κ2) is 12.4. The van der Waals surface area contributed by atoms with Gasteiger partial charge in [-0.05, 0) is 62.7 Å². The van der Waals surface area contributed by atoms with E-state index in [1.54, 1.807) is 35.2 Å². The van der Waals surface area contributed by atoms with E-state index in [4.69, 9.17) is 9.47 Å². The first-order valence-corrected chi connectivity index (χ1v) is 12.4. The van der Waals surface area contributed by atoms with E-state index in [0.29, 0.717) is 48.7 Å². The minimum atomic E-state index is -0.192. The third-order valence-electron chi connectivity index (χ3n) is 6.32. The molecular weight excluding hydrogens is 446 g/mol. The Bertz CT molecular complexity index is 1020. The van der Waals surface area contributed by atoms with Crippen molar-refractivity contribution >= 4 is 23.3 Å². The van der Waals surface area contributed by atoms with Crippen molar-refractivity contribution in [1.29, 1.82) is 0 Å². The lowest BCUT2D eigenvalue weighted by Crippen LogP contribution is -2.40. The maximum atomic E-state index is 12.7. The number of nitrogens with zero attached hydrogens (tertiary/aromatic N) is 2. The maximum Gasteiger partial charge on any atom is 0.265 e. The lowest BCUT2D eigenvalue weighted by Gasteiger charge is -2.29. The van der Waals surface area contributed by atoms with Gasteiger partial charge in [-0.1, -0.05) is 24.6 Å². The van der Waals surface area contributed by atoms with E-state index in [1.807, 2.05) is 18.2 Å². The van der Waals surface area contributed by atoms with Crippen LogP contribution >= 0.6 is 0 Å². The summed E-state index contributed by atoms with van der Waals surface area (Å²) >= 11 is 0. The van der Waals surface area contributed by atoms with Crippen LogP contribution in [0.1, 0.15) is 42.5 Å². The first kappa shape index (κ1) is 24.7. The summed E-state index contributed by atoms with van der Waals surface area (Å²) in [4.78, 5) is 41.5. The fraction of sp³-hybridized carbons (Fsp3) is 0.444. The zero-order valence-electron chi connectivity index (χ0n) is 20.0. The summed E-state index contributed by atoms with van der Waals surface area (Å²) in [6, 6.07) is 14.2. The van der Waals surface area contributed by atoms with E-state index in [0.717, 1.165) is 19.6 Å². The summed E-state index contributed by atoms with van der Waals surface area (Å²) in [6.45, 7) is 3.97. The second-order valence-electron chi connectivity index (χ2n) is 8.90. The van der Waals surface area contributed by atoms with Gasteiger partial charge in [0, 0.05) is 31.6 Å². The van der Waals surface area contributed by atoms with Crippen LogP contribution in [0.25, 0.3) is 0 Å². The number of hydrogen-bond donors (Lipinski definition) is 1. The molecule has 2 heterocycles. The smallest absolute Gasteiger partial charge is 0.265 e. The predicted octanol–water partition coefficient (Wildman–Crippen LogP) is 3.06. The molecule has 186 valence electrons. The number of benzene rings is 2. The number of piperidine rings is 1. The van der Waals surface area contributed by atoms with E-state index in [1.165, 1.54) is 19.3 Å². The van der Waals surface area contributed by atoms with E-state index in [2.05, 4.69) is 10.2 Å². The average molecular weight is 480 g/mol. The Morgan fingerprint density at radius 1 is 1.00 bits per heavy atom. The molecule has 1 N–H and O–H groups in total. The normalized spacial score (nSPS) is 15.8. The molecule has 2 aliphatic rings. The van der Waals surface area contributed by atoms with Crippen LogP contribution in [0.3, 0.4) is 0 Å². The summed E-state index contributed by atoms with van der Waals surface area (Å²) in [5, 5.41) is 2.98. The van der Waals surface area contributed by atoms with Crippen molar-refractivity contribution in [3.05, 3.63) is 54.1 Å². The number of nitrogens with one attached hydrogen (secondary N) is 1. The van der Waals surface area contributed by atoms with Crippen LogP contribution in [0.5, 0.6) is 11.5 Å². The number of rotatable bonds is 11. The predicted molar refractivity (Wildman–Crippen MR) is 133 cm³/mol. The van der Waals surface area contributed by atoms with Crippen molar-refractivity contribution in [2.24, 2.45) is 0 Å². The Hall–Kier alpha value is -3.39. The Morgan fingerprint density at radius 3 is 2.60 bits per heavy atom. The number of Topliss-reactive ketones (excluding diaryl/α,β-unsaturated/α-hetero) is 1. The zero-order chi connectivity index (χ0) is 24.5. The summed E-state index contributed by atoms with van der Waals surface area (Å²) in [7, 11) is 0. The molecule has 8 nitrogen and oxygen atoms in total. The van der Waals surface area contributed by atoms with Crippen molar-refractivity contribution in [2.75, 3.05) is 50.8 Å². The van der Waals surface area contributed by atoms with Gasteiger partial charge in [-0.15, -0.1) is 0 Å².